The van der Waals surface area contributed by atoms with Crippen molar-refractivity contribution < 1.29 is 18.9 Å². The van der Waals surface area contributed by atoms with Gasteiger partial charge in [0.25, 0.3) is 11.6 Å². The number of imide groups is 1. The van der Waals surface area contributed by atoms with E-state index in [9.17, 15) is 24.5 Å². The Bertz CT molecular complexity index is 864. The van der Waals surface area contributed by atoms with Crippen molar-refractivity contribution in [3.05, 3.63) is 49.7 Å². The summed E-state index contributed by atoms with van der Waals surface area (Å²) in [5.74, 6) is -0.251. The molecule has 3 rings (SSSR count). The summed E-state index contributed by atoms with van der Waals surface area (Å²) in [5.41, 5.74) is -0.0261. The van der Waals surface area contributed by atoms with Crippen LogP contribution in [0.4, 0.5) is 4.79 Å². The van der Waals surface area contributed by atoms with Crippen molar-refractivity contribution in [1.29, 1.82) is 0 Å². The topological polar surface area (TPSA) is 123 Å². The number of urea groups is 1. The van der Waals surface area contributed by atoms with Crippen molar-refractivity contribution in [3.8, 4) is 0 Å². The Morgan fingerprint density at radius 2 is 2.04 bits per heavy atom. The standard InChI is InChI=1S/C14H11N3O6/c1-16-13(19)9(15-14(16)20)6-8-7-2-5-12(18)23-11(7)4-3-10(8)17(21)22/h2,5H,3-4,6H2,1H3. The quantitative estimate of drug-likeness (QED) is 0.605. The summed E-state index contributed by atoms with van der Waals surface area (Å²) in [6.07, 6.45) is 0.143. The maximum Gasteiger partial charge on any atom is 0.350 e. The highest BCUT2D eigenvalue weighted by Crippen LogP contribution is 2.34. The monoisotopic (exact) mass is 317 g/mol. The number of aliphatic imine (C=N–C) groups is 1. The summed E-state index contributed by atoms with van der Waals surface area (Å²) in [6, 6.07) is 1.89. The highest BCUT2D eigenvalue weighted by atomic mass is 16.6. The summed E-state index contributed by atoms with van der Waals surface area (Å²) in [7, 11) is 1.29. The van der Waals surface area contributed by atoms with Crippen LogP contribution in [0.2, 0.25) is 0 Å². The molecule has 1 aromatic rings. The van der Waals surface area contributed by atoms with Crippen LogP contribution < -0.4 is 5.63 Å². The lowest BCUT2D eigenvalue weighted by atomic mass is 9.89. The van der Waals surface area contributed by atoms with Crippen LogP contribution in [0.5, 0.6) is 0 Å². The van der Waals surface area contributed by atoms with Gasteiger partial charge in [-0.1, -0.05) is 0 Å². The third-order valence-electron chi connectivity index (χ3n) is 3.81. The van der Waals surface area contributed by atoms with Gasteiger partial charge in [0, 0.05) is 43.5 Å². The van der Waals surface area contributed by atoms with Gasteiger partial charge in [-0.05, 0) is 6.07 Å². The van der Waals surface area contributed by atoms with Gasteiger partial charge in [0.05, 0.1) is 4.92 Å². The number of rotatable bonds is 3. The molecule has 0 N–H and O–H groups in total. The predicted octanol–water partition coefficient (Wildman–Crippen LogP) is 0.997. The second-order valence-electron chi connectivity index (χ2n) is 5.16. The van der Waals surface area contributed by atoms with Crippen molar-refractivity contribution in [2.24, 2.45) is 4.99 Å². The molecule has 0 saturated carbocycles. The van der Waals surface area contributed by atoms with Crippen LogP contribution in [0.1, 0.15) is 24.2 Å². The Kier molecular flexibility index (Phi) is 3.40. The van der Waals surface area contributed by atoms with Crippen LogP contribution in [0.3, 0.4) is 0 Å². The number of hydrogen-bond acceptors (Lipinski definition) is 6. The smallest absolute Gasteiger partial charge is 0.350 e. The zero-order valence-electron chi connectivity index (χ0n) is 12.1. The van der Waals surface area contributed by atoms with Crippen LogP contribution in [-0.2, 0) is 11.2 Å². The molecule has 118 valence electrons. The van der Waals surface area contributed by atoms with Crippen LogP contribution in [0.15, 0.2) is 32.0 Å². The normalized spacial score (nSPS) is 17.4. The maximum atomic E-state index is 11.9. The maximum absolute atomic E-state index is 11.9. The first kappa shape index (κ1) is 14.8. The molecule has 9 nitrogen and oxygen atoms in total. The Morgan fingerprint density at radius 1 is 1.30 bits per heavy atom. The number of allylic oxidation sites excluding steroid dienone is 2. The van der Waals surface area contributed by atoms with Gasteiger partial charge in [0.1, 0.15) is 11.5 Å². The van der Waals surface area contributed by atoms with Gasteiger partial charge in [0.15, 0.2) is 0 Å². The zero-order valence-corrected chi connectivity index (χ0v) is 12.1. The van der Waals surface area contributed by atoms with Crippen molar-refractivity contribution >= 4 is 23.2 Å². The van der Waals surface area contributed by atoms with E-state index in [-0.39, 0.29) is 36.2 Å². The van der Waals surface area contributed by atoms with Gasteiger partial charge in [-0.3, -0.25) is 19.8 Å². The number of hydrogen-bond donors (Lipinski definition) is 0. The van der Waals surface area contributed by atoms with Crippen molar-refractivity contribution in [2.45, 2.75) is 19.3 Å². The second-order valence-corrected chi connectivity index (χ2v) is 5.16. The Morgan fingerprint density at radius 3 is 2.65 bits per heavy atom. The first-order valence-electron chi connectivity index (χ1n) is 6.78. The van der Waals surface area contributed by atoms with Crippen molar-refractivity contribution in [2.75, 3.05) is 7.05 Å². The molecule has 23 heavy (non-hydrogen) atoms. The lowest BCUT2D eigenvalue weighted by Crippen LogP contribution is -2.28. The summed E-state index contributed by atoms with van der Waals surface area (Å²) in [4.78, 5) is 49.9. The zero-order chi connectivity index (χ0) is 16.7. The number of aryl methyl sites for hydroxylation is 1. The van der Waals surface area contributed by atoms with Gasteiger partial charge >= 0.3 is 11.7 Å². The fourth-order valence-corrected chi connectivity index (χ4v) is 2.65. The first-order valence-corrected chi connectivity index (χ1v) is 6.78. The highest BCUT2D eigenvalue weighted by molar-refractivity contribution is 6.47. The number of nitrogens with zero attached hydrogens (tertiary/aromatic N) is 3. The summed E-state index contributed by atoms with van der Waals surface area (Å²) in [5, 5.41) is 11.3. The van der Waals surface area contributed by atoms with E-state index in [1.54, 1.807) is 0 Å². The minimum Gasteiger partial charge on any atom is -0.427 e. The third-order valence-corrected chi connectivity index (χ3v) is 3.81. The van der Waals surface area contributed by atoms with Crippen LogP contribution in [0, 0.1) is 10.1 Å². The molecule has 1 aromatic heterocycles. The number of carbonyl (C=O) groups is 2. The molecule has 3 amide bonds. The lowest BCUT2D eigenvalue weighted by Gasteiger charge is -2.16. The van der Waals surface area contributed by atoms with Gasteiger partial charge in [-0.15, -0.1) is 0 Å². The first-order chi connectivity index (χ1) is 10.9. The number of carbonyl (C=O) groups excluding carboxylic acids is 2. The van der Waals surface area contributed by atoms with E-state index in [0.717, 1.165) is 11.0 Å². The predicted molar refractivity (Wildman–Crippen MR) is 77.4 cm³/mol. The molecular weight excluding hydrogens is 306 g/mol. The van der Waals surface area contributed by atoms with E-state index in [0.29, 0.717) is 11.3 Å². The SMILES string of the molecule is CN1C(=O)N=C(CC2=C([N+](=O)[O-])CCc3oc(=O)ccc32)C1=O. The van der Waals surface area contributed by atoms with E-state index in [2.05, 4.69) is 4.99 Å². The van der Waals surface area contributed by atoms with Gasteiger partial charge in [0.2, 0.25) is 0 Å². The van der Waals surface area contributed by atoms with Crippen molar-refractivity contribution in [1.82, 2.24) is 4.90 Å². The van der Waals surface area contributed by atoms with E-state index < -0.39 is 22.5 Å². The average Bonchev–Trinajstić information content (AvgIpc) is 2.74. The molecule has 0 aromatic carbocycles. The molecule has 1 aliphatic carbocycles. The Balaban J connectivity index is 2.08. The van der Waals surface area contributed by atoms with E-state index in [4.69, 9.17) is 4.42 Å². The Hall–Kier alpha value is -3.10. The molecule has 0 spiro atoms. The average molecular weight is 317 g/mol. The largest absolute Gasteiger partial charge is 0.427 e. The minimum absolute atomic E-state index is 0.0640. The minimum atomic E-state index is -0.705. The summed E-state index contributed by atoms with van der Waals surface area (Å²) < 4.78 is 5.08. The Labute approximate surface area is 129 Å². The molecule has 0 bridgehead atoms. The van der Waals surface area contributed by atoms with Crippen molar-refractivity contribution in [3.63, 3.8) is 0 Å². The number of fused-ring (bicyclic) bond motifs is 1. The van der Waals surface area contributed by atoms with E-state index in [1.165, 1.54) is 13.1 Å². The lowest BCUT2D eigenvalue weighted by molar-refractivity contribution is -0.427. The number of nitro groups is 1. The third kappa shape index (κ3) is 2.45. The molecule has 2 aliphatic rings. The molecule has 0 atom stereocenters. The van der Waals surface area contributed by atoms with E-state index in [1.807, 2.05) is 0 Å². The molecule has 9 heteroatoms. The molecule has 0 saturated heterocycles. The number of amides is 3. The molecule has 2 heterocycles. The van der Waals surface area contributed by atoms with Crippen LogP contribution in [-0.4, -0.2) is 34.5 Å². The second kappa shape index (κ2) is 5.27. The molecule has 1 aliphatic heterocycles. The molecule has 0 fully saturated rings. The van der Waals surface area contributed by atoms with Gasteiger partial charge < -0.3 is 4.42 Å². The van der Waals surface area contributed by atoms with Crippen LogP contribution >= 0.6 is 0 Å². The molecular formula is C14H11N3O6. The highest BCUT2D eigenvalue weighted by Gasteiger charge is 2.35. The van der Waals surface area contributed by atoms with Crippen LogP contribution in [0.25, 0.3) is 5.57 Å². The van der Waals surface area contributed by atoms with Gasteiger partial charge in [-0.25, -0.2) is 9.59 Å². The summed E-state index contributed by atoms with van der Waals surface area (Å²) in [6.45, 7) is 0. The summed E-state index contributed by atoms with van der Waals surface area (Å²) >= 11 is 0. The molecule has 0 radical (unpaired) electrons. The van der Waals surface area contributed by atoms with E-state index >= 15 is 0 Å². The van der Waals surface area contributed by atoms with Gasteiger partial charge in [-0.2, -0.15) is 4.99 Å². The fraction of sp³-hybridized carbons (Fsp3) is 0.286. The fourth-order valence-electron chi connectivity index (χ4n) is 2.65. The molecule has 0 unspecified atom stereocenters.